The molecule has 1 aromatic carbocycles. The van der Waals surface area contributed by atoms with Crippen molar-refractivity contribution in [1.29, 1.82) is 0 Å². The lowest BCUT2D eigenvalue weighted by Gasteiger charge is -2.12. The third-order valence-corrected chi connectivity index (χ3v) is 2.59. The van der Waals surface area contributed by atoms with Gasteiger partial charge in [0.15, 0.2) is 16.6 Å². The van der Waals surface area contributed by atoms with Crippen molar-refractivity contribution in [2.75, 3.05) is 32.7 Å². The molecule has 0 aliphatic carbocycles. The Labute approximate surface area is 123 Å². The maximum absolute atomic E-state index is 11.2. The first-order valence-corrected chi connectivity index (χ1v) is 6.44. The summed E-state index contributed by atoms with van der Waals surface area (Å²) in [5.41, 5.74) is 0.726. The van der Waals surface area contributed by atoms with Gasteiger partial charge in [-0.25, -0.2) is 0 Å². The van der Waals surface area contributed by atoms with E-state index in [1.165, 1.54) is 0 Å². The summed E-state index contributed by atoms with van der Waals surface area (Å²) in [7, 11) is 3.12. The zero-order valence-corrected chi connectivity index (χ0v) is 12.5. The van der Waals surface area contributed by atoms with Crippen LogP contribution in [0.25, 0.3) is 0 Å². The average Bonchev–Trinajstić information content (AvgIpc) is 2.45. The van der Waals surface area contributed by atoms with Gasteiger partial charge in [0, 0.05) is 11.8 Å². The molecule has 0 atom stereocenters. The molecule has 0 aliphatic rings. The smallest absolute Gasteiger partial charge is 0.325 e. The van der Waals surface area contributed by atoms with Crippen molar-refractivity contribution in [1.82, 2.24) is 5.32 Å². The van der Waals surface area contributed by atoms with Gasteiger partial charge >= 0.3 is 5.97 Å². The number of thiocarbonyl (C=S) groups is 1. The fourth-order valence-electron chi connectivity index (χ4n) is 1.45. The Morgan fingerprint density at radius 2 is 1.95 bits per heavy atom. The molecule has 0 bridgehead atoms. The maximum atomic E-state index is 11.2. The summed E-state index contributed by atoms with van der Waals surface area (Å²) in [6.45, 7) is 2.11. The number of carbonyl (C=O) groups is 1. The van der Waals surface area contributed by atoms with Crippen LogP contribution >= 0.6 is 12.2 Å². The van der Waals surface area contributed by atoms with Crippen molar-refractivity contribution < 1.29 is 19.0 Å². The second-order valence-electron chi connectivity index (χ2n) is 3.68. The first-order chi connectivity index (χ1) is 9.60. The molecule has 1 rings (SSSR count). The molecule has 0 aliphatic heterocycles. The number of hydrogen-bond acceptors (Lipinski definition) is 5. The van der Waals surface area contributed by atoms with Gasteiger partial charge in [-0.15, -0.1) is 0 Å². The van der Waals surface area contributed by atoms with E-state index in [2.05, 4.69) is 10.6 Å². The molecule has 0 unspecified atom stereocenters. The molecule has 0 heterocycles. The van der Waals surface area contributed by atoms with Crippen LogP contribution in [0.3, 0.4) is 0 Å². The number of methoxy groups -OCH3 is 2. The Morgan fingerprint density at radius 1 is 1.25 bits per heavy atom. The summed E-state index contributed by atoms with van der Waals surface area (Å²) in [5.74, 6) is 0.859. The van der Waals surface area contributed by atoms with E-state index in [0.717, 1.165) is 5.69 Å². The zero-order valence-electron chi connectivity index (χ0n) is 11.7. The first-order valence-electron chi connectivity index (χ1n) is 6.03. The van der Waals surface area contributed by atoms with Crippen molar-refractivity contribution in [3.63, 3.8) is 0 Å². The number of carbonyl (C=O) groups excluding carboxylic acids is 1. The van der Waals surface area contributed by atoms with E-state index in [-0.39, 0.29) is 12.5 Å². The first kappa shape index (κ1) is 16.0. The van der Waals surface area contributed by atoms with Gasteiger partial charge in [0.25, 0.3) is 0 Å². The standard InChI is InChI=1S/C13H18N2O4S/c1-4-19-12(16)8-14-13(20)15-9-5-6-10(17-2)11(7-9)18-3/h5-7H,4,8H2,1-3H3,(H2,14,15,20). The number of anilines is 1. The van der Waals surface area contributed by atoms with Crippen molar-refractivity contribution in [3.05, 3.63) is 18.2 Å². The molecular formula is C13H18N2O4S. The lowest BCUT2D eigenvalue weighted by molar-refractivity contribution is -0.141. The summed E-state index contributed by atoms with van der Waals surface area (Å²) in [6, 6.07) is 5.30. The molecular weight excluding hydrogens is 280 g/mol. The van der Waals surface area contributed by atoms with E-state index >= 15 is 0 Å². The number of nitrogens with one attached hydrogen (secondary N) is 2. The average molecular weight is 298 g/mol. The molecule has 0 radical (unpaired) electrons. The van der Waals surface area contributed by atoms with E-state index in [1.54, 1.807) is 39.3 Å². The quantitative estimate of drug-likeness (QED) is 0.610. The van der Waals surface area contributed by atoms with E-state index in [1.807, 2.05) is 0 Å². The Balaban J connectivity index is 2.55. The minimum atomic E-state index is -0.357. The van der Waals surface area contributed by atoms with E-state index in [9.17, 15) is 4.79 Å². The molecule has 0 saturated heterocycles. The Hall–Kier alpha value is -2.02. The van der Waals surface area contributed by atoms with E-state index in [4.69, 9.17) is 26.4 Å². The van der Waals surface area contributed by atoms with Crippen LogP contribution < -0.4 is 20.1 Å². The van der Waals surface area contributed by atoms with Gasteiger partial charge in [0.2, 0.25) is 0 Å². The molecule has 7 heteroatoms. The predicted octanol–water partition coefficient (Wildman–Crippen LogP) is 1.55. The van der Waals surface area contributed by atoms with Crippen LogP contribution in [0, 0.1) is 0 Å². The Bertz CT molecular complexity index is 479. The Kier molecular flexibility index (Phi) is 6.58. The second kappa shape index (κ2) is 8.21. The monoisotopic (exact) mass is 298 g/mol. The van der Waals surface area contributed by atoms with Crippen molar-refractivity contribution in [3.8, 4) is 11.5 Å². The normalized spacial score (nSPS) is 9.55. The van der Waals surface area contributed by atoms with Gasteiger partial charge in [-0.2, -0.15) is 0 Å². The number of ether oxygens (including phenoxy) is 3. The van der Waals surface area contributed by atoms with Crippen molar-refractivity contribution >= 4 is 29.0 Å². The summed E-state index contributed by atoms with van der Waals surface area (Å²) >= 11 is 5.08. The highest BCUT2D eigenvalue weighted by Gasteiger charge is 2.07. The van der Waals surface area contributed by atoms with Gasteiger partial charge in [0.1, 0.15) is 6.54 Å². The van der Waals surface area contributed by atoms with Crippen LogP contribution in [-0.2, 0) is 9.53 Å². The van der Waals surface area contributed by atoms with E-state index < -0.39 is 0 Å². The molecule has 0 saturated carbocycles. The van der Waals surface area contributed by atoms with Gasteiger partial charge in [-0.1, -0.05) is 0 Å². The lowest BCUT2D eigenvalue weighted by atomic mass is 10.3. The van der Waals surface area contributed by atoms with Crippen LogP contribution in [-0.4, -0.2) is 38.5 Å². The molecule has 20 heavy (non-hydrogen) atoms. The fourth-order valence-corrected chi connectivity index (χ4v) is 1.64. The molecule has 6 nitrogen and oxygen atoms in total. The molecule has 0 spiro atoms. The Morgan fingerprint density at radius 3 is 2.55 bits per heavy atom. The summed E-state index contributed by atoms with van der Waals surface area (Å²) in [5, 5.41) is 6.02. The van der Waals surface area contributed by atoms with Crippen molar-refractivity contribution in [2.24, 2.45) is 0 Å². The second-order valence-corrected chi connectivity index (χ2v) is 4.09. The zero-order chi connectivity index (χ0) is 15.0. The lowest BCUT2D eigenvalue weighted by Crippen LogP contribution is -2.33. The molecule has 0 fully saturated rings. The molecule has 110 valence electrons. The van der Waals surface area contributed by atoms with Gasteiger partial charge < -0.3 is 24.8 Å². The van der Waals surface area contributed by atoms with Gasteiger partial charge in [-0.3, -0.25) is 4.79 Å². The van der Waals surface area contributed by atoms with Gasteiger partial charge in [-0.05, 0) is 31.3 Å². The van der Waals surface area contributed by atoms with E-state index in [0.29, 0.717) is 23.2 Å². The third kappa shape index (κ3) is 4.93. The highest BCUT2D eigenvalue weighted by molar-refractivity contribution is 7.80. The van der Waals surface area contributed by atoms with Crippen LogP contribution in [0.2, 0.25) is 0 Å². The SMILES string of the molecule is CCOC(=O)CNC(=S)Nc1ccc(OC)c(OC)c1. The fraction of sp³-hybridized carbons (Fsp3) is 0.385. The highest BCUT2D eigenvalue weighted by atomic mass is 32.1. The maximum Gasteiger partial charge on any atom is 0.325 e. The third-order valence-electron chi connectivity index (χ3n) is 2.34. The van der Waals surface area contributed by atoms with Crippen LogP contribution in [0.1, 0.15) is 6.92 Å². The highest BCUT2D eigenvalue weighted by Crippen LogP contribution is 2.29. The molecule has 0 amide bonds. The number of hydrogen-bond donors (Lipinski definition) is 2. The molecule has 2 N–H and O–H groups in total. The van der Waals surface area contributed by atoms with Crippen LogP contribution in [0.4, 0.5) is 5.69 Å². The summed E-state index contributed by atoms with van der Waals surface area (Å²) in [4.78, 5) is 11.2. The predicted molar refractivity (Wildman–Crippen MR) is 80.4 cm³/mol. The molecule has 1 aromatic rings. The minimum Gasteiger partial charge on any atom is -0.493 e. The number of esters is 1. The summed E-state index contributed by atoms with van der Waals surface area (Å²) in [6.07, 6.45) is 0. The number of benzene rings is 1. The van der Waals surface area contributed by atoms with Crippen molar-refractivity contribution in [2.45, 2.75) is 6.92 Å². The largest absolute Gasteiger partial charge is 0.493 e. The van der Waals surface area contributed by atoms with Gasteiger partial charge in [0.05, 0.1) is 20.8 Å². The van der Waals surface area contributed by atoms with Crippen LogP contribution in [0.5, 0.6) is 11.5 Å². The van der Waals surface area contributed by atoms with Crippen LogP contribution in [0.15, 0.2) is 18.2 Å². The number of rotatable bonds is 6. The minimum absolute atomic E-state index is 0.0208. The summed E-state index contributed by atoms with van der Waals surface area (Å²) < 4.78 is 15.1. The topological polar surface area (TPSA) is 68.8 Å². The molecule has 0 aromatic heterocycles.